The fraction of sp³-hybridized carbons (Fsp3) is 0.130. The molecule has 0 radical (unpaired) electrons. The molecule has 1 atom stereocenters. The molecule has 5 nitrogen and oxygen atoms in total. The molecule has 0 aliphatic heterocycles. The van der Waals surface area contributed by atoms with Gasteiger partial charge in [-0.2, -0.15) is 0 Å². The summed E-state index contributed by atoms with van der Waals surface area (Å²) in [4.78, 5) is 24.5. The van der Waals surface area contributed by atoms with Gasteiger partial charge >= 0.3 is 0 Å². The van der Waals surface area contributed by atoms with E-state index in [1.807, 2.05) is 31.2 Å². The molecule has 148 valence electrons. The van der Waals surface area contributed by atoms with Crippen molar-refractivity contribution in [1.82, 2.24) is 0 Å². The largest absolute Gasteiger partial charge is 0.481 e. The fourth-order valence-electron chi connectivity index (χ4n) is 2.56. The normalized spacial score (nSPS) is 11.4. The summed E-state index contributed by atoms with van der Waals surface area (Å²) in [6.45, 7) is 3.59. The number of amides is 2. The minimum Gasteiger partial charge on any atom is -0.481 e. The van der Waals surface area contributed by atoms with Crippen molar-refractivity contribution in [1.29, 1.82) is 0 Å². The number of anilines is 2. The van der Waals surface area contributed by atoms with Crippen LogP contribution >= 0.6 is 0 Å². The van der Waals surface area contributed by atoms with E-state index in [4.69, 9.17) is 4.74 Å². The summed E-state index contributed by atoms with van der Waals surface area (Å²) in [5, 5.41) is 5.48. The van der Waals surface area contributed by atoms with Gasteiger partial charge in [0.15, 0.2) is 6.10 Å². The second-order valence-corrected chi connectivity index (χ2v) is 6.60. The van der Waals surface area contributed by atoms with Gasteiger partial charge in [0, 0.05) is 16.9 Å². The average Bonchev–Trinajstić information content (AvgIpc) is 2.72. The molecule has 3 aromatic carbocycles. The quantitative estimate of drug-likeness (QED) is 0.634. The van der Waals surface area contributed by atoms with E-state index in [0.717, 1.165) is 5.56 Å². The van der Waals surface area contributed by atoms with E-state index < -0.39 is 6.10 Å². The predicted octanol–water partition coefficient (Wildman–Crippen LogP) is 4.79. The SMILES string of the molecule is Cc1ccc(NC(=O)c2ccc(O[C@H](C)C(=O)Nc3ccc(F)cc3)cc2)cc1. The monoisotopic (exact) mass is 392 g/mol. The van der Waals surface area contributed by atoms with Gasteiger partial charge in [0.1, 0.15) is 11.6 Å². The van der Waals surface area contributed by atoms with Gasteiger partial charge in [-0.05, 0) is 74.5 Å². The van der Waals surface area contributed by atoms with Gasteiger partial charge in [-0.25, -0.2) is 4.39 Å². The predicted molar refractivity (Wildman–Crippen MR) is 111 cm³/mol. The summed E-state index contributed by atoms with van der Waals surface area (Å²) in [6.07, 6.45) is -0.771. The molecule has 0 saturated heterocycles. The summed E-state index contributed by atoms with van der Waals surface area (Å²) in [6, 6.07) is 19.5. The Morgan fingerprint density at radius 2 is 1.38 bits per heavy atom. The van der Waals surface area contributed by atoms with Crippen LogP contribution in [0.2, 0.25) is 0 Å². The van der Waals surface area contributed by atoms with Crippen LogP contribution in [-0.4, -0.2) is 17.9 Å². The molecular weight excluding hydrogens is 371 g/mol. The summed E-state index contributed by atoms with van der Waals surface area (Å²) in [5.74, 6) is -0.516. The highest BCUT2D eigenvalue weighted by molar-refractivity contribution is 6.04. The van der Waals surface area contributed by atoms with E-state index in [1.165, 1.54) is 24.3 Å². The third-order valence-corrected chi connectivity index (χ3v) is 4.22. The maximum atomic E-state index is 12.9. The first-order chi connectivity index (χ1) is 13.9. The summed E-state index contributed by atoms with van der Waals surface area (Å²) in [7, 11) is 0. The Balaban J connectivity index is 1.56. The number of hydrogen-bond acceptors (Lipinski definition) is 3. The zero-order valence-corrected chi connectivity index (χ0v) is 16.1. The highest BCUT2D eigenvalue weighted by Gasteiger charge is 2.15. The van der Waals surface area contributed by atoms with Crippen LogP contribution < -0.4 is 15.4 Å². The smallest absolute Gasteiger partial charge is 0.265 e. The van der Waals surface area contributed by atoms with Gasteiger partial charge in [-0.3, -0.25) is 9.59 Å². The molecule has 3 rings (SSSR count). The van der Waals surface area contributed by atoms with Crippen LogP contribution in [0.15, 0.2) is 72.8 Å². The number of carbonyl (C=O) groups excluding carboxylic acids is 2. The number of benzene rings is 3. The molecule has 0 aromatic heterocycles. The van der Waals surface area contributed by atoms with Crippen molar-refractivity contribution >= 4 is 23.2 Å². The lowest BCUT2D eigenvalue weighted by Gasteiger charge is -2.15. The number of carbonyl (C=O) groups is 2. The molecule has 0 aliphatic carbocycles. The topological polar surface area (TPSA) is 67.4 Å². The molecule has 0 bridgehead atoms. The van der Waals surface area contributed by atoms with Gasteiger partial charge in [0.05, 0.1) is 0 Å². The van der Waals surface area contributed by atoms with Gasteiger partial charge < -0.3 is 15.4 Å². The molecule has 29 heavy (non-hydrogen) atoms. The van der Waals surface area contributed by atoms with Crippen LogP contribution in [0.4, 0.5) is 15.8 Å². The third-order valence-electron chi connectivity index (χ3n) is 4.22. The van der Waals surface area contributed by atoms with Crippen molar-refractivity contribution < 1.29 is 18.7 Å². The second-order valence-electron chi connectivity index (χ2n) is 6.60. The molecule has 0 saturated carbocycles. The van der Waals surface area contributed by atoms with E-state index in [1.54, 1.807) is 31.2 Å². The van der Waals surface area contributed by atoms with Crippen molar-refractivity contribution in [2.45, 2.75) is 20.0 Å². The Morgan fingerprint density at radius 3 is 2.00 bits per heavy atom. The van der Waals surface area contributed by atoms with Gasteiger partial charge in [0.25, 0.3) is 11.8 Å². The molecule has 0 fully saturated rings. The zero-order chi connectivity index (χ0) is 20.8. The van der Waals surface area contributed by atoms with Crippen LogP contribution in [0.25, 0.3) is 0 Å². The highest BCUT2D eigenvalue weighted by atomic mass is 19.1. The molecule has 0 spiro atoms. The van der Waals surface area contributed by atoms with Crippen LogP contribution in [0.5, 0.6) is 5.75 Å². The molecule has 3 aromatic rings. The lowest BCUT2D eigenvalue weighted by atomic mass is 10.2. The first-order valence-corrected chi connectivity index (χ1v) is 9.12. The van der Waals surface area contributed by atoms with Gasteiger partial charge in [0.2, 0.25) is 0 Å². The van der Waals surface area contributed by atoms with Crippen molar-refractivity contribution in [2.24, 2.45) is 0 Å². The lowest BCUT2D eigenvalue weighted by Crippen LogP contribution is -2.30. The minimum atomic E-state index is -0.771. The molecule has 0 heterocycles. The van der Waals surface area contributed by atoms with Crippen LogP contribution in [0.3, 0.4) is 0 Å². The molecule has 2 amide bonds. The van der Waals surface area contributed by atoms with E-state index in [0.29, 0.717) is 22.7 Å². The Labute approximate surface area is 168 Å². The van der Waals surface area contributed by atoms with Gasteiger partial charge in [-0.15, -0.1) is 0 Å². The van der Waals surface area contributed by atoms with E-state index in [9.17, 15) is 14.0 Å². The first-order valence-electron chi connectivity index (χ1n) is 9.12. The Hall–Kier alpha value is -3.67. The molecule has 0 unspecified atom stereocenters. The van der Waals surface area contributed by atoms with Crippen LogP contribution in [-0.2, 0) is 4.79 Å². The number of ether oxygens (including phenoxy) is 1. The minimum absolute atomic E-state index is 0.234. The average molecular weight is 392 g/mol. The van der Waals surface area contributed by atoms with Gasteiger partial charge in [-0.1, -0.05) is 17.7 Å². The van der Waals surface area contributed by atoms with Crippen molar-refractivity contribution in [3.8, 4) is 5.75 Å². The Bertz CT molecular complexity index is 984. The molecule has 2 N–H and O–H groups in total. The number of nitrogens with one attached hydrogen (secondary N) is 2. The van der Waals surface area contributed by atoms with Crippen LogP contribution in [0, 0.1) is 12.7 Å². The van der Waals surface area contributed by atoms with E-state index >= 15 is 0 Å². The number of halogens is 1. The maximum Gasteiger partial charge on any atom is 0.265 e. The fourth-order valence-corrected chi connectivity index (χ4v) is 2.56. The number of aryl methyl sites for hydroxylation is 1. The molecular formula is C23H21FN2O3. The second kappa shape index (κ2) is 9.01. The van der Waals surface area contributed by atoms with Crippen molar-refractivity contribution in [2.75, 3.05) is 10.6 Å². The maximum absolute atomic E-state index is 12.9. The zero-order valence-electron chi connectivity index (χ0n) is 16.1. The van der Waals surface area contributed by atoms with E-state index in [-0.39, 0.29) is 17.6 Å². The highest BCUT2D eigenvalue weighted by Crippen LogP contribution is 2.17. The van der Waals surface area contributed by atoms with E-state index in [2.05, 4.69) is 10.6 Å². The summed E-state index contributed by atoms with van der Waals surface area (Å²) in [5.41, 5.74) is 2.78. The lowest BCUT2D eigenvalue weighted by molar-refractivity contribution is -0.122. The van der Waals surface area contributed by atoms with Crippen molar-refractivity contribution in [3.05, 3.63) is 89.7 Å². The third kappa shape index (κ3) is 5.65. The van der Waals surface area contributed by atoms with Crippen LogP contribution in [0.1, 0.15) is 22.8 Å². The van der Waals surface area contributed by atoms with Crippen molar-refractivity contribution in [3.63, 3.8) is 0 Å². The molecule has 0 aliphatic rings. The Morgan fingerprint density at radius 1 is 0.828 bits per heavy atom. The number of hydrogen-bond donors (Lipinski definition) is 2. The number of rotatable bonds is 6. The molecule has 6 heteroatoms. The summed E-state index contributed by atoms with van der Waals surface area (Å²) < 4.78 is 18.6. The first kappa shape index (κ1) is 20.1. The summed E-state index contributed by atoms with van der Waals surface area (Å²) >= 11 is 0. The Kier molecular flexibility index (Phi) is 6.24. The standard InChI is InChI=1S/C23H21FN2O3/c1-15-3-9-19(10-4-15)26-23(28)17-5-13-21(14-6-17)29-16(2)22(27)25-20-11-7-18(24)8-12-20/h3-14,16H,1-2H3,(H,25,27)(H,26,28)/t16-/m1/s1.